The molecule has 6 aromatic carbocycles. The van der Waals surface area contributed by atoms with Crippen molar-refractivity contribution in [1.82, 2.24) is 15.0 Å². The lowest BCUT2D eigenvalue weighted by Gasteiger charge is -2.24. The molecule has 0 atom stereocenters. The van der Waals surface area contributed by atoms with Crippen molar-refractivity contribution in [2.24, 2.45) is 0 Å². The molecule has 3 heteroatoms. The topological polar surface area (TPSA) is 38.7 Å². The number of hydrogen-bond donors (Lipinski definition) is 0. The molecule has 2 aliphatic carbocycles. The zero-order valence-electron chi connectivity index (χ0n) is 27.6. The lowest BCUT2D eigenvalue weighted by molar-refractivity contribution is 0.652. The van der Waals surface area contributed by atoms with Crippen molar-refractivity contribution in [2.45, 2.75) is 38.5 Å². The zero-order chi connectivity index (χ0) is 32.6. The van der Waals surface area contributed by atoms with Gasteiger partial charge in [-0.1, -0.05) is 155 Å². The molecule has 48 heavy (non-hydrogen) atoms. The zero-order valence-corrected chi connectivity index (χ0v) is 27.6. The van der Waals surface area contributed by atoms with E-state index in [4.69, 9.17) is 15.0 Å². The Morgan fingerprint density at radius 2 is 0.771 bits per heavy atom. The van der Waals surface area contributed by atoms with E-state index in [0.717, 1.165) is 16.7 Å². The van der Waals surface area contributed by atoms with Gasteiger partial charge in [0, 0.05) is 27.5 Å². The first-order valence-electron chi connectivity index (χ1n) is 16.7. The maximum atomic E-state index is 4.95. The minimum absolute atomic E-state index is 0.0494. The molecule has 0 amide bonds. The van der Waals surface area contributed by atoms with E-state index in [1.807, 2.05) is 60.7 Å². The summed E-state index contributed by atoms with van der Waals surface area (Å²) in [5.74, 6) is 2.00. The molecule has 0 bridgehead atoms. The largest absolute Gasteiger partial charge is 0.208 e. The number of benzene rings is 6. The molecule has 2 aliphatic rings. The second-order valence-corrected chi connectivity index (χ2v) is 14.1. The molecule has 0 saturated carbocycles. The summed E-state index contributed by atoms with van der Waals surface area (Å²) in [6.07, 6.45) is 0. The third-order valence-corrected chi connectivity index (χ3v) is 10.6. The molecule has 9 rings (SSSR count). The van der Waals surface area contributed by atoms with Crippen molar-refractivity contribution in [2.75, 3.05) is 0 Å². The van der Waals surface area contributed by atoms with Crippen LogP contribution in [0.15, 0.2) is 140 Å². The summed E-state index contributed by atoms with van der Waals surface area (Å²) >= 11 is 0. The van der Waals surface area contributed by atoms with Crippen LogP contribution in [-0.4, -0.2) is 15.0 Å². The highest BCUT2D eigenvalue weighted by Crippen LogP contribution is 2.57. The summed E-state index contributed by atoms with van der Waals surface area (Å²) in [6, 6.07) is 49.7. The average molecular weight is 618 g/mol. The normalized spacial score (nSPS) is 14.6. The Labute approximate surface area is 282 Å². The average Bonchev–Trinajstić information content (AvgIpc) is 3.50. The molecule has 3 nitrogen and oxygen atoms in total. The number of hydrogen-bond acceptors (Lipinski definition) is 3. The predicted molar refractivity (Wildman–Crippen MR) is 197 cm³/mol. The second kappa shape index (κ2) is 10.4. The van der Waals surface area contributed by atoms with Gasteiger partial charge in [0.1, 0.15) is 0 Å². The van der Waals surface area contributed by atoms with Gasteiger partial charge in [-0.05, 0) is 67.8 Å². The molecule has 0 saturated heterocycles. The number of fused-ring (bicyclic) bond motifs is 6. The van der Waals surface area contributed by atoms with Crippen molar-refractivity contribution in [3.8, 4) is 67.5 Å². The smallest absolute Gasteiger partial charge is 0.164 e. The van der Waals surface area contributed by atoms with Gasteiger partial charge in [-0.2, -0.15) is 0 Å². The Kier molecular flexibility index (Phi) is 6.20. The van der Waals surface area contributed by atoms with Gasteiger partial charge in [-0.15, -0.1) is 0 Å². The molecule has 1 aromatic heterocycles. The molecule has 1 heterocycles. The third-order valence-electron chi connectivity index (χ3n) is 10.6. The second-order valence-electron chi connectivity index (χ2n) is 14.1. The van der Waals surface area contributed by atoms with Gasteiger partial charge in [0.05, 0.1) is 0 Å². The van der Waals surface area contributed by atoms with Crippen LogP contribution in [0, 0.1) is 0 Å². The van der Waals surface area contributed by atoms with Gasteiger partial charge in [-0.25, -0.2) is 15.0 Å². The Hall–Kier alpha value is -5.67. The molecule has 7 aromatic rings. The lowest BCUT2D eigenvalue weighted by atomic mass is 9.79. The Bertz CT molecular complexity index is 2310. The van der Waals surface area contributed by atoms with Crippen LogP contribution in [0.25, 0.3) is 67.5 Å². The summed E-state index contributed by atoms with van der Waals surface area (Å²) in [6.45, 7) is 9.48. The highest BCUT2D eigenvalue weighted by atomic mass is 15.0. The van der Waals surface area contributed by atoms with Crippen molar-refractivity contribution in [1.29, 1.82) is 0 Å². The van der Waals surface area contributed by atoms with Crippen LogP contribution in [0.2, 0.25) is 0 Å². The fourth-order valence-corrected chi connectivity index (χ4v) is 7.96. The summed E-state index contributed by atoms with van der Waals surface area (Å²) in [4.78, 5) is 14.8. The highest BCUT2D eigenvalue weighted by molar-refractivity contribution is 5.96. The van der Waals surface area contributed by atoms with Gasteiger partial charge in [0.2, 0.25) is 0 Å². The lowest BCUT2D eigenvalue weighted by Crippen LogP contribution is -2.16. The van der Waals surface area contributed by atoms with Crippen LogP contribution in [0.1, 0.15) is 49.9 Å². The van der Waals surface area contributed by atoms with Crippen LogP contribution >= 0.6 is 0 Å². The molecule has 0 fully saturated rings. The van der Waals surface area contributed by atoms with Crippen molar-refractivity contribution in [3.63, 3.8) is 0 Å². The Morgan fingerprint density at radius 1 is 0.333 bits per heavy atom. The summed E-state index contributed by atoms with van der Waals surface area (Å²) in [5.41, 5.74) is 16.2. The number of nitrogens with zero attached hydrogens (tertiary/aromatic N) is 3. The third kappa shape index (κ3) is 4.24. The van der Waals surface area contributed by atoms with E-state index in [-0.39, 0.29) is 10.8 Å². The maximum absolute atomic E-state index is 4.95. The molecular formula is C45H35N3. The predicted octanol–water partition coefficient (Wildman–Crippen LogP) is 11.2. The Balaban J connectivity index is 1.16. The summed E-state index contributed by atoms with van der Waals surface area (Å²) in [5, 5.41) is 0. The van der Waals surface area contributed by atoms with Crippen LogP contribution in [0.5, 0.6) is 0 Å². The van der Waals surface area contributed by atoms with Gasteiger partial charge in [0.15, 0.2) is 17.5 Å². The van der Waals surface area contributed by atoms with Crippen LogP contribution in [-0.2, 0) is 10.8 Å². The highest BCUT2D eigenvalue weighted by Gasteiger charge is 2.42. The first kappa shape index (κ1) is 28.5. The van der Waals surface area contributed by atoms with E-state index in [1.165, 1.54) is 55.6 Å². The fourth-order valence-electron chi connectivity index (χ4n) is 7.96. The van der Waals surface area contributed by atoms with Crippen molar-refractivity contribution >= 4 is 0 Å². The van der Waals surface area contributed by atoms with E-state index >= 15 is 0 Å². The number of aromatic nitrogens is 3. The van der Waals surface area contributed by atoms with Gasteiger partial charge in [-0.3, -0.25) is 0 Å². The van der Waals surface area contributed by atoms with Crippen molar-refractivity contribution in [3.05, 3.63) is 162 Å². The van der Waals surface area contributed by atoms with E-state index in [2.05, 4.69) is 107 Å². The van der Waals surface area contributed by atoms with Gasteiger partial charge in [0.25, 0.3) is 0 Å². The first-order chi connectivity index (χ1) is 23.3. The minimum atomic E-state index is -0.107. The van der Waals surface area contributed by atoms with Crippen LogP contribution < -0.4 is 0 Å². The molecule has 0 unspecified atom stereocenters. The van der Waals surface area contributed by atoms with E-state index in [0.29, 0.717) is 17.5 Å². The molecule has 0 aliphatic heterocycles. The summed E-state index contributed by atoms with van der Waals surface area (Å²) in [7, 11) is 0. The molecule has 0 N–H and O–H groups in total. The molecule has 230 valence electrons. The summed E-state index contributed by atoms with van der Waals surface area (Å²) < 4.78 is 0. The van der Waals surface area contributed by atoms with Gasteiger partial charge < -0.3 is 0 Å². The number of rotatable bonds is 4. The molecule has 0 spiro atoms. The monoisotopic (exact) mass is 617 g/mol. The maximum Gasteiger partial charge on any atom is 0.164 e. The van der Waals surface area contributed by atoms with Crippen molar-refractivity contribution < 1.29 is 0 Å². The van der Waals surface area contributed by atoms with E-state index in [1.54, 1.807) is 0 Å². The standard InChI is InChI=1S/C45H35N3/c1-44(2)36-20-12-11-18-33(36)34-26-39-35(27-38(34)44)40-32(19-13-21-37(40)45(39,3)4)28-22-24-31(25-23-28)43-47-41(29-14-7-5-8-15-29)46-42(48-43)30-16-9-6-10-17-30/h5-27H,1-4H3. The molecule has 0 radical (unpaired) electrons. The van der Waals surface area contributed by atoms with Crippen LogP contribution in [0.4, 0.5) is 0 Å². The quantitative estimate of drug-likeness (QED) is 0.197. The van der Waals surface area contributed by atoms with Gasteiger partial charge >= 0.3 is 0 Å². The first-order valence-corrected chi connectivity index (χ1v) is 16.7. The van der Waals surface area contributed by atoms with E-state index < -0.39 is 0 Å². The van der Waals surface area contributed by atoms with E-state index in [9.17, 15) is 0 Å². The Morgan fingerprint density at radius 3 is 1.40 bits per heavy atom. The molecular weight excluding hydrogens is 583 g/mol. The SMILES string of the molecule is CC1(C)c2ccccc2-c2cc3c(cc21)-c1c(-c2ccc(-c4nc(-c5ccccc5)nc(-c5ccccc5)n4)cc2)cccc1C3(C)C. The minimum Gasteiger partial charge on any atom is -0.208 e. The fraction of sp³-hybridized carbons (Fsp3) is 0.133. The van der Waals surface area contributed by atoms with Crippen LogP contribution in [0.3, 0.4) is 0 Å².